The molecule has 0 aliphatic rings. The van der Waals surface area contributed by atoms with Crippen LogP contribution in [0.2, 0.25) is 0 Å². The summed E-state index contributed by atoms with van der Waals surface area (Å²) >= 11 is 0. The molecular formula is C19H23N3. The van der Waals surface area contributed by atoms with Crippen molar-refractivity contribution in [1.82, 2.24) is 14.9 Å². The highest BCUT2D eigenvalue weighted by molar-refractivity contribution is 5.75. The van der Waals surface area contributed by atoms with Gasteiger partial charge in [0.25, 0.3) is 0 Å². The predicted molar refractivity (Wildman–Crippen MR) is 92.1 cm³/mol. The molecule has 3 nitrogen and oxygen atoms in total. The first-order valence-electron chi connectivity index (χ1n) is 8.01. The number of benzene rings is 2. The Morgan fingerprint density at radius 1 is 0.955 bits per heavy atom. The van der Waals surface area contributed by atoms with Crippen LogP contribution in [0.5, 0.6) is 0 Å². The number of aromatic nitrogens is 2. The number of likely N-dealkylation sites (N-methyl/N-ethyl adjacent to an activating group) is 1. The molecule has 0 radical (unpaired) electrons. The summed E-state index contributed by atoms with van der Waals surface area (Å²) in [5.74, 6) is 1.18. The van der Waals surface area contributed by atoms with Gasteiger partial charge in [-0.15, -0.1) is 0 Å². The van der Waals surface area contributed by atoms with Gasteiger partial charge >= 0.3 is 0 Å². The third-order valence-electron chi connectivity index (χ3n) is 4.02. The van der Waals surface area contributed by atoms with E-state index in [9.17, 15) is 0 Å². The lowest BCUT2D eigenvalue weighted by Gasteiger charge is -2.09. The highest BCUT2D eigenvalue weighted by atomic mass is 15.1. The minimum absolute atomic E-state index is 0.960. The monoisotopic (exact) mass is 293 g/mol. The Hall–Kier alpha value is -2.13. The molecule has 0 aliphatic carbocycles. The number of nitrogens with one attached hydrogen (secondary N) is 1. The molecule has 0 bridgehead atoms. The van der Waals surface area contributed by atoms with Gasteiger partial charge in [-0.1, -0.05) is 42.5 Å². The zero-order chi connectivity index (χ0) is 15.2. The van der Waals surface area contributed by atoms with Crippen molar-refractivity contribution in [3.05, 3.63) is 66.0 Å². The Kier molecular flexibility index (Phi) is 4.86. The summed E-state index contributed by atoms with van der Waals surface area (Å²) in [6.07, 6.45) is 3.21. The van der Waals surface area contributed by atoms with Crippen LogP contribution in [0.4, 0.5) is 0 Å². The standard InChI is InChI=1S/C19H23N3/c1-20-14-13-19-21-17-11-5-6-12-18(17)22(19)15-7-10-16-8-3-2-4-9-16/h2-6,8-9,11-12,20H,7,10,13-15H2,1H3. The summed E-state index contributed by atoms with van der Waals surface area (Å²) in [4.78, 5) is 4.80. The molecule has 3 rings (SSSR count). The van der Waals surface area contributed by atoms with Crippen LogP contribution in [0.3, 0.4) is 0 Å². The third kappa shape index (κ3) is 3.37. The summed E-state index contributed by atoms with van der Waals surface area (Å²) in [6.45, 7) is 1.98. The smallest absolute Gasteiger partial charge is 0.111 e. The van der Waals surface area contributed by atoms with Crippen molar-refractivity contribution in [3.63, 3.8) is 0 Å². The lowest BCUT2D eigenvalue weighted by atomic mass is 10.1. The van der Waals surface area contributed by atoms with Crippen LogP contribution in [0.1, 0.15) is 17.8 Å². The Morgan fingerprint density at radius 2 is 1.73 bits per heavy atom. The number of rotatable bonds is 7. The van der Waals surface area contributed by atoms with Gasteiger partial charge in [-0.05, 0) is 37.6 Å². The summed E-state index contributed by atoms with van der Waals surface area (Å²) in [5.41, 5.74) is 3.76. The van der Waals surface area contributed by atoms with E-state index in [4.69, 9.17) is 4.98 Å². The molecule has 0 saturated heterocycles. The molecule has 0 saturated carbocycles. The maximum Gasteiger partial charge on any atom is 0.111 e. The van der Waals surface area contributed by atoms with Crippen LogP contribution in [-0.4, -0.2) is 23.1 Å². The Morgan fingerprint density at radius 3 is 2.55 bits per heavy atom. The second kappa shape index (κ2) is 7.23. The van der Waals surface area contributed by atoms with Crippen molar-refractivity contribution >= 4 is 11.0 Å². The van der Waals surface area contributed by atoms with Gasteiger partial charge in [0.05, 0.1) is 11.0 Å². The van der Waals surface area contributed by atoms with Gasteiger partial charge in [0.1, 0.15) is 5.82 Å². The van der Waals surface area contributed by atoms with E-state index in [1.54, 1.807) is 0 Å². The van der Waals surface area contributed by atoms with Gasteiger partial charge in [0, 0.05) is 19.5 Å². The van der Waals surface area contributed by atoms with Crippen LogP contribution in [-0.2, 0) is 19.4 Å². The lowest BCUT2D eigenvalue weighted by molar-refractivity contribution is 0.614. The molecule has 0 spiro atoms. The molecule has 114 valence electrons. The van der Waals surface area contributed by atoms with E-state index < -0.39 is 0 Å². The quantitative estimate of drug-likeness (QED) is 0.723. The lowest BCUT2D eigenvalue weighted by Crippen LogP contribution is -2.14. The zero-order valence-electron chi connectivity index (χ0n) is 13.1. The topological polar surface area (TPSA) is 29.9 Å². The fourth-order valence-corrected chi connectivity index (χ4v) is 2.89. The molecule has 2 aromatic carbocycles. The number of imidazole rings is 1. The Balaban J connectivity index is 1.76. The van der Waals surface area contributed by atoms with Crippen molar-refractivity contribution in [1.29, 1.82) is 0 Å². The number of nitrogens with zero attached hydrogens (tertiary/aromatic N) is 2. The molecule has 22 heavy (non-hydrogen) atoms. The summed E-state index contributed by atoms with van der Waals surface area (Å²) < 4.78 is 2.38. The van der Waals surface area contributed by atoms with E-state index in [0.717, 1.165) is 37.9 Å². The molecule has 0 unspecified atom stereocenters. The van der Waals surface area contributed by atoms with Gasteiger partial charge in [-0.3, -0.25) is 0 Å². The van der Waals surface area contributed by atoms with Gasteiger partial charge in [0.2, 0.25) is 0 Å². The SMILES string of the molecule is CNCCc1nc2ccccc2n1CCCc1ccccc1. The average molecular weight is 293 g/mol. The van der Waals surface area contributed by atoms with Crippen LogP contribution in [0.15, 0.2) is 54.6 Å². The maximum atomic E-state index is 4.80. The summed E-state index contributed by atoms with van der Waals surface area (Å²) in [6, 6.07) is 19.1. The van der Waals surface area contributed by atoms with Gasteiger partial charge in [-0.25, -0.2) is 4.98 Å². The maximum absolute atomic E-state index is 4.80. The average Bonchev–Trinajstić information content (AvgIpc) is 2.92. The second-order valence-corrected chi connectivity index (χ2v) is 5.61. The fraction of sp³-hybridized carbons (Fsp3) is 0.316. The van der Waals surface area contributed by atoms with Crippen molar-refractivity contribution in [3.8, 4) is 0 Å². The molecule has 0 atom stereocenters. The van der Waals surface area contributed by atoms with Gasteiger partial charge in [0.15, 0.2) is 0 Å². The van der Waals surface area contributed by atoms with Crippen LogP contribution in [0, 0.1) is 0 Å². The second-order valence-electron chi connectivity index (χ2n) is 5.61. The van der Waals surface area contributed by atoms with E-state index in [1.165, 1.54) is 16.9 Å². The van der Waals surface area contributed by atoms with E-state index in [2.05, 4.69) is 64.5 Å². The number of aryl methyl sites for hydroxylation is 2. The first kappa shape index (κ1) is 14.8. The first-order valence-corrected chi connectivity index (χ1v) is 8.01. The van der Waals surface area contributed by atoms with E-state index in [1.807, 2.05) is 7.05 Å². The van der Waals surface area contributed by atoms with Crippen molar-refractivity contribution < 1.29 is 0 Å². The molecule has 0 fully saturated rings. The fourth-order valence-electron chi connectivity index (χ4n) is 2.89. The zero-order valence-corrected chi connectivity index (χ0v) is 13.1. The van der Waals surface area contributed by atoms with Crippen LogP contribution >= 0.6 is 0 Å². The minimum Gasteiger partial charge on any atom is -0.328 e. The minimum atomic E-state index is 0.960. The predicted octanol–water partition coefficient (Wildman–Crippen LogP) is 3.43. The molecular weight excluding hydrogens is 270 g/mol. The van der Waals surface area contributed by atoms with Crippen molar-refractivity contribution in [2.75, 3.05) is 13.6 Å². The van der Waals surface area contributed by atoms with E-state index >= 15 is 0 Å². The Labute approximate surface area is 132 Å². The van der Waals surface area contributed by atoms with Crippen LogP contribution < -0.4 is 5.32 Å². The Bertz CT molecular complexity index is 716. The molecule has 1 aromatic heterocycles. The normalized spacial score (nSPS) is 11.1. The number of hydrogen-bond acceptors (Lipinski definition) is 2. The third-order valence-corrected chi connectivity index (χ3v) is 4.02. The molecule has 3 heteroatoms. The largest absolute Gasteiger partial charge is 0.328 e. The molecule has 0 amide bonds. The van der Waals surface area contributed by atoms with E-state index in [0.29, 0.717) is 0 Å². The molecule has 1 N–H and O–H groups in total. The number of hydrogen-bond donors (Lipinski definition) is 1. The van der Waals surface area contributed by atoms with Crippen molar-refractivity contribution in [2.45, 2.75) is 25.8 Å². The summed E-state index contributed by atoms with van der Waals surface area (Å²) in [7, 11) is 1.99. The van der Waals surface area contributed by atoms with Gasteiger partial charge < -0.3 is 9.88 Å². The van der Waals surface area contributed by atoms with Crippen molar-refractivity contribution in [2.24, 2.45) is 0 Å². The molecule has 1 heterocycles. The summed E-state index contributed by atoms with van der Waals surface area (Å²) in [5, 5.41) is 3.22. The highest BCUT2D eigenvalue weighted by Crippen LogP contribution is 2.17. The number of para-hydroxylation sites is 2. The van der Waals surface area contributed by atoms with Gasteiger partial charge in [-0.2, -0.15) is 0 Å². The van der Waals surface area contributed by atoms with Crippen LogP contribution in [0.25, 0.3) is 11.0 Å². The van der Waals surface area contributed by atoms with E-state index in [-0.39, 0.29) is 0 Å². The number of fused-ring (bicyclic) bond motifs is 1. The molecule has 0 aliphatic heterocycles. The first-order chi connectivity index (χ1) is 10.9. The molecule has 3 aromatic rings. The highest BCUT2D eigenvalue weighted by Gasteiger charge is 2.09.